The smallest absolute Gasteiger partial charge is 0.174 e. The predicted molar refractivity (Wildman–Crippen MR) is 110 cm³/mol. The fraction of sp³-hybridized carbons (Fsp3) is 0.143. The van der Waals surface area contributed by atoms with Crippen molar-refractivity contribution in [2.45, 2.75) is 19.4 Å². The molecule has 1 unspecified atom stereocenters. The van der Waals surface area contributed by atoms with Gasteiger partial charge >= 0.3 is 0 Å². The minimum Gasteiger partial charge on any atom is -0.382 e. The lowest BCUT2D eigenvalue weighted by molar-refractivity contribution is 0.122. The van der Waals surface area contributed by atoms with Gasteiger partial charge in [-0.3, -0.25) is 0 Å². The second kappa shape index (κ2) is 7.00. The van der Waals surface area contributed by atoms with Crippen molar-refractivity contribution in [3.63, 3.8) is 0 Å². The zero-order chi connectivity index (χ0) is 19.7. The molecule has 4 rings (SSSR count). The number of rotatable bonds is 2. The van der Waals surface area contributed by atoms with E-state index in [0.29, 0.717) is 27.7 Å². The van der Waals surface area contributed by atoms with E-state index >= 15 is 0 Å². The maximum absolute atomic E-state index is 10.5. The fourth-order valence-corrected chi connectivity index (χ4v) is 3.44. The molecular formula is C21H17N5OS. The Balaban J connectivity index is 1.70. The van der Waals surface area contributed by atoms with Crippen molar-refractivity contribution in [2.24, 2.45) is 0 Å². The summed E-state index contributed by atoms with van der Waals surface area (Å²) in [6.07, 6.45) is 1.65. The number of nitrogens with zero attached hydrogens (tertiary/aromatic N) is 4. The zero-order valence-electron chi connectivity index (χ0n) is 15.3. The molecule has 3 heterocycles. The molecule has 1 aromatic carbocycles. The highest BCUT2D eigenvalue weighted by molar-refractivity contribution is 7.09. The molecule has 7 heteroatoms. The van der Waals surface area contributed by atoms with Gasteiger partial charge in [-0.15, -0.1) is 11.3 Å². The van der Waals surface area contributed by atoms with E-state index in [1.165, 1.54) is 11.3 Å². The molecule has 0 aliphatic carbocycles. The highest BCUT2D eigenvalue weighted by atomic mass is 32.1. The van der Waals surface area contributed by atoms with Crippen molar-refractivity contribution in [3.05, 3.63) is 64.4 Å². The van der Waals surface area contributed by atoms with Crippen LogP contribution in [0.4, 0.5) is 5.82 Å². The van der Waals surface area contributed by atoms with Crippen LogP contribution in [0.15, 0.2) is 48.0 Å². The van der Waals surface area contributed by atoms with Gasteiger partial charge in [0.2, 0.25) is 0 Å². The lowest BCUT2D eigenvalue weighted by Gasteiger charge is -2.12. The van der Waals surface area contributed by atoms with Crippen LogP contribution in [0.3, 0.4) is 0 Å². The summed E-state index contributed by atoms with van der Waals surface area (Å²) in [6, 6.07) is 11.4. The Hall–Kier alpha value is -3.34. The van der Waals surface area contributed by atoms with Crippen LogP contribution in [0.2, 0.25) is 0 Å². The second-order valence-corrected chi connectivity index (χ2v) is 7.36. The third-order valence-electron chi connectivity index (χ3n) is 4.14. The third-order valence-corrected chi connectivity index (χ3v) is 5.12. The minimum absolute atomic E-state index is 0.361. The highest BCUT2D eigenvalue weighted by Gasteiger charge is 2.22. The first-order valence-corrected chi connectivity index (χ1v) is 9.47. The molecule has 0 aliphatic rings. The Bertz CT molecular complexity index is 1220. The van der Waals surface area contributed by atoms with Gasteiger partial charge in [0.25, 0.3) is 0 Å². The van der Waals surface area contributed by atoms with Crippen LogP contribution < -0.4 is 5.73 Å². The van der Waals surface area contributed by atoms with E-state index in [4.69, 9.17) is 5.73 Å². The van der Waals surface area contributed by atoms with Gasteiger partial charge < -0.3 is 10.8 Å². The maximum atomic E-state index is 10.5. The van der Waals surface area contributed by atoms with E-state index < -0.39 is 5.60 Å². The maximum Gasteiger partial charge on any atom is 0.174 e. The average Bonchev–Trinajstić information content (AvgIpc) is 3.22. The normalized spacial score (nSPS) is 13.0. The minimum atomic E-state index is -1.30. The number of nitrogens with two attached hydrogens (primary N) is 1. The summed E-state index contributed by atoms with van der Waals surface area (Å²) in [6.45, 7) is 3.44. The van der Waals surface area contributed by atoms with Gasteiger partial charge in [-0.2, -0.15) is 0 Å². The Morgan fingerprint density at radius 3 is 2.79 bits per heavy atom. The van der Waals surface area contributed by atoms with Gasteiger partial charge in [0.1, 0.15) is 16.3 Å². The zero-order valence-corrected chi connectivity index (χ0v) is 16.2. The molecule has 6 nitrogen and oxygen atoms in total. The van der Waals surface area contributed by atoms with Crippen LogP contribution in [-0.2, 0) is 5.60 Å². The summed E-state index contributed by atoms with van der Waals surface area (Å²) in [5.74, 6) is 6.90. The van der Waals surface area contributed by atoms with Gasteiger partial charge in [-0.25, -0.2) is 19.9 Å². The van der Waals surface area contributed by atoms with Gasteiger partial charge in [0, 0.05) is 22.7 Å². The Morgan fingerprint density at radius 2 is 2.00 bits per heavy atom. The summed E-state index contributed by atoms with van der Waals surface area (Å²) in [7, 11) is 0. The van der Waals surface area contributed by atoms with Crippen molar-refractivity contribution in [1.29, 1.82) is 0 Å². The van der Waals surface area contributed by atoms with Gasteiger partial charge in [0.15, 0.2) is 11.4 Å². The number of fused-ring (bicyclic) bond motifs is 1. The molecule has 0 aliphatic heterocycles. The van der Waals surface area contributed by atoms with Gasteiger partial charge in [0.05, 0.1) is 11.2 Å². The number of nitrogen functional groups attached to an aromatic ring is 1. The second-order valence-electron chi connectivity index (χ2n) is 6.46. The van der Waals surface area contributed by atoms with Crippen LogP contribution in [0, 0.1) is 18.8 Å². The van der Waals surface area contributed by atoms with E-state index in [1.807, 2.05) is 41.8 Å². The molecule has 138 valence electrons. The Labute approximate surface area is 166 Å². The molecule has 0 saturated carbocycles. The first kappa shape index (κ1) is 18.0. The molecule has 0 saturated heterocycles. The van der Waals surface area contributed by atoms with E-state index in [9.17, 15) is 5.11 Å². The molecule has 0 bridgehead atoms. The van der Waals surface area contributed by atoms with E-state index in [1.54, 1.807) is 20.0 Å². The molecule has 4 aromatic rings. The Kier molecular flexibility index (Phi) is 4.51. The summed E-state index contributed by atoms with van der Waals surface area (Å²) < 4.78 is 0. The fourth-order valence-electron chi connectivity index (χ4n) is 2.79. The van der Waals surface area contributed by atoms with Crippen molar-refractivity contribution in [2.75, 3.05) is 5.73 Å². The van der Waals surface area contributed by atoms with E-state index in [0.717, 1.165) is 16.8 Å². The van der Waals surface area contributed by atoms with E-state index in [-0.39, 0.29) is 0 Å². The number of pyridine rings is 1. The molecule has 3 aromatic heterocycles. The van der Waals surface area contributed by atoms with Crippen molar-refractivity contribution >= 4 is 28.2 Å². The number of aromatic nitrogens is 4. The number of hydrogen-bond acceptors (Lipinski definition) is 7. The first-order valence-electron chi connectivity index (χ1n) is 8.59. The lowest BCUT2D eigenvalue weighted by Crippen LogP contribution is -2.17. The summed E-state index contributed by atoms with van der Waals surface area (Å²) in [5, 5.41) is 12.9. The van der Waals surface area contributed by atoms with Crippen LogP contribution in [0.25, 0.3) is 22.3 Å². The number of hydrogen-bond donors (Lipinski definition) is 2. The molecular weight excluding hydrogens is 370 g/mol. The molecule has 0 radical (unpaired) electrons. The Morgan fingerprint density at radius 1 is 1.14 bits per heavy atom. The van der Waals surface area contributed by atoms with Gasteiger partial charge in [-0.1, -0.05) is 24.0 Å². The SMILES string of the molecule is Cc1nc(N)c2nc(-c3cccc(C#CC(C)(O)c4nccs4)c3)ccc2n1. The quantitative estimate of drug-likeness (QED) is 0.512. The predicted octanol–water partition coefficient (Wildman–Crippen LogP) is 3.30. The monoisotopic (exact) mass is 387 g/mol. The molecule has 0 fully saturated rings. The molecule has 3 N–H and O–H groups in total. The van der Waals surface area contributed by atoms with Crippen molar-refractivity contribution in [3.8, 4) is 23.1 Å². The topological polar surface area (TPSA) is 97.8 Å². The number of thiazole rings is 1. The number of aliphatic hydroxyl groups is 1. The number of anilines is 1. The van der Waals surface area contributed by atoms with Gasteiger partial charge in [-0.05, 0) is 38.1 Å². The highest BCUT2D eigenvalue weighted by Crippen LogP contribution is 2.24. The summed E-state index contributed by atoms with van der Waals surface area (Å²) in [4.78, 5) is 17.3. The first-order chi connectivity index (χ1) is 13.4. The van der Waals surface area contributed by atoms with Crippen LogP contribution >= 0.6 is 11.3 Å². The largest absolute Gasteiger partial charge is 0.382 e. The molecule has 28 heavy (non-hydrogen) atoms. The molecule has 0 spiro atoms. The molecule has 1 atom stereocenters. The van der Waals surface area contributed by atoms with E-state index in [2.05, 4.69) is 31.8 Å². The third kappa shape index (κ3) is 3.56. The number of benzene rings is 1. The van der Waals surface area contributed by atoms with Crippen LogP contribution in [-0.4, -0.2) is 25.0 Å². The molecule has 0 amide bonds. The lowest BCUT2D eigenvalue weighted by atomic mass is 10.1. The summed E-state index contributed by atoms with van der Waals surface area (Å²) >= 11 is 1.37. The van der Waals surface area contributed by atoms with Crippen LogP contribution in [0.1, 0.15) is 23.3 Å². The number of aryl methyl sites for hydroxylation is 1. The van der Waals surface area contributed by atoms with Crippen molar-refractivity contribution in [1.82, 2.24) is 19.9 Å². The van der Waals surface area contributed by atoms with Crippen LogP contribution in [0.5, 0.6) is 0 Å². The summed E-state index contributed by atoms with van der Waals surface area (Å²) in [5.41, 5.74) is 8.41. The standard InChI is InChI=1S/C21H17N5OS/c1-13-24-17-7-6-16(26-18(17)19(22)25-13)15-5-3-4-14(12-15)8-9-21(2,27)20-23-10-11-28-20/h3-7,10-12,27H,1-2H3,(H2,22,24,25). The average molecular weight is 387 g/mol. The van der Waals surface area contributed by atoms with Crippen molar-refractivity contribution < 1.29 is 5.11 Å².